The minimum absolute atomic E-state index is 0.0116. The maximum atomic E-state index is 13.7. The molecule has 0 unspecified atom stereocenters. The van der Waals surface area contributed by atoms with Crippen LogP contribution in [0.25, 0.3) is 0 Å². The van der Waals surface area contributed by atoms with E-state index in [1.165, 1.54) is 11.4 Å². The van der Waals surface area contributed by atoms with Crippen molar-refractivity contribution in [2.24, 2.45) is 0 Å². The van der Waals surface area contributed by atoms with E-state index in [4.69, 9.17) is 9.47 Å². The number of fused-ring (bicyclic) bond motifs is 3. The fourth-order valence-corrected chi connectivity index (χ4v) is 7.12. The zero-order valence-electron chi connectivity index (χ0n) is 24.9. The van der Waals surface area contributed by atoms with Crippen LogP contribution in [0.15, 0.2) is 60.7 Å². The number of carbonyl (C=O) groups excluding carboxylic acids is 1. The van der Waals surface area contributed by atoms with Gasteiger partial charge in [-0.3, -0.25) is 4.79 Å². The number of amides is 1. The minimum atomic E-state index is -3.66. The molecule has 2 aromatic rings. The first-order chi connectivity index (χ1) is 20.2. The van der Waals surface area contributed by atoms with E-state index >= 15 is 0 Å². The molecule has 9 nitrogen and oxygen atoms in total. The molecule has 0 saturated carbocycles. The van der Waals surface area contributed by atoms with E-state index in [2.05, 4.69) is 10.6 Å². The van der Waals surface area contributed by atoms with Gasteiger partial charge in [-0.1, -0.05) is 68.3 Å². The molecule has 4 rings (SSSR count). The summed E-state index contributed by atoms with van der Waals surface area (Å²) in [6, 6.07) is 13.9. The lowest BCUT2D eigenvalue weighted by atomic mass is 9.99. The van der Waals surface area contributed by atoms with Gasteiger partial charge in [0.2, 0.25) is 15.9 Å². The quantitative estimate of drug-likeness (QED) is 0.300. The summed E-state index contributed by atoms with van der Waals surface area (Å²) in [4.78, 5) is 13.7. The Kier molecular flexibility index (Phi) is 11.6. The first-order valence-corrected chi connectivity index (χ1v) is 16.5. The first-order valence-electron chi connectivity index (χ1n) is 14.9. The van der Waals surface area contributed by atoms with Gasteiger partial charge in [-0.2, -0.15) is 4.31 Å². The van der Waals surface area contributed by atoms with Crippen molar-refractivity contribution in [2.45, 2.75) is 75.8 Å². The number of methoxy groups -OCH3 is 1. The fourth-order valence-electron chi connectivity index (χ4n) is 5.69. The van der Waals surface area contributed by atoms with Crippen molar-refractivity contribution in [3.05, 3.63) is 77.4 Å². The molecule has 5 atom stereocenters. The highest BCUT2D eigenvalue weighted by Gasteiger charge is 2.36. The van der Waals surface area contributed by atoms with Crippen LogP contribution in [-0.4, -0.2) is 81.1 Å². The van der Waals surface area contributed by atoms with Crippen LogP contribution in [-0.2, 0) is 32.4 Å². The largest absolute Gasteiger partial charge is 0.497 e. The molecule has 0 radical (unpaired) electrons. The van der Waals surface area contributed by atoms with E-state index < -0.39 is 34.1 Å². The van der Waals surface area contributed by atoms with Crippen molar-refractivity contribution in [3.63, 3.8) is 0 Å². The molecule has 1 heterocycles. The number of nitrogens with one attached hydrogen (secondary N) is 2. The average Bonchev–Trinajstić information content (AvgIpc) is 3.33. The zero-order valence-corrected chi connectivity index (χ0v) is 25.7. The first kappa shape index (κ1) is 32.2. The van der Waals surface area contributed by atoms with E-state index in [9.17, 15) is 18.3 Å². The van der Waals surface area contributed by atoms with Crippen molar-refractivity contribution in [1.29, 1.82) is 0 Å². The molecular formula is C32H45N3O6S. The third-order valence-electron chi connectivity index (χ3n) is 8.24. The molecule has 0 bridgehead atoms. The maximum Gasteiger partial charge on any atom is 0.239 e. The molecule has 0 saturated heterocycles. The minimum Gasteiger partial charge on any atom is -0.497 e. The van der Waals surface area contributed by atoms with Gasteiger partial charge in [0.25, 0.3) is 0 Å². The second-order valence-corrected chi connectivity index (χ2v) is 13.3. The zero-order chi connectivity index (χ0) is 30.1. The number of carbonyl (C=O) groups is 1. The van der Waals surface area contributed by atoms with Crippen LogP contribution in [0.1, 0.15) is 55.3 Å². The molecule has 2 aromatic carbocycles. The molecule has 0 fully saturated rings. The highest BCUT2D eigenvalue weighted by atomic mass is 32.2. The number of β-amino-alcohol motifs (C(OH)–C–C–N with tert-alkyl or cyclic N) is 1. The number of rotatable bonds is 9. The molecule has 10 heteroatoms. The van der Waals surface area contributed by atoms with Gasteiger partial charge in [-0.05, 0) is 48.1 Å². The van der Waals surface area contributed by atoms with Gasteiger partial charge in [-0.15, -0.1) is 0 Å². The number of unbranched alkanes of at least 4 members (excludes halogenated alkanes) is 2. The summed E-state index contributed by atoms with van der Waals surface area (Å²) in [5.74, 6) is 0.306. The number of aliphatic hydroxyl groups is 1. The van der Waals surface area contributed by atoms with E-state index in [1.54, 1.807) is 7.11 Å². The number of ether oxygens (including phenoxy) is 2. The number of benzene rings is 2. The number of hydrogen-bond acceptors (Lipinski definition) is 7. The molecule has 2 aliphatic rings. The van der Waals surface area contributed by atoms with Crippen LogP contribution >= 0.6 is 0 Å². The van der Waals surface area contributed by atoms with Crippen molar-refractivity contribution < 1.29 is 27.8 Å². The Morgan fingerprint density at radius 1 is 1.12 bits per heavy atom. The summed E-state index contributed by atoms with van der Waals surface area (Å²) in [7, 11) is -0.552. The molecule has 3 N–H and O–H groups in total. The number of likely N-dealkylation sites (N-methyl/N-ethyl adjacent to an activating group) is 1. The van der Waals surface area contributed by atoms with Gasteiger partial charge < -0.3 is 25.2 Å². The smallest absolute Gasteiger partial charge is 0.239 e. The van der Waals surface area contributed by atoms with Crippen molar-refractivity contribution in [2.75, 3.05) is 33.1 Å². The molecule has 1 aliphatic carbocycles. The molecule has 1 aliphatic heterocycles. The van der Waals surface area contributed by atoms with Crippen LogP contribution in [0, 0.1) is 0 Å². The highest BCUT2D eigenvalue weighted by Crippen LogP contribution is 2.36. The lowest BCUT2D eigenvalue weighted by Crippen LogP contribution is -2.55. The Hall–Kier alpha value is -2.76. The van der Waals surface area contributed by atoms with Crippen LogP contribution in [0.2, 0.25) is 0 Å². The summed E-state index contributed by atoms with van der Waals surface area (Å²) in [6.07, 6.45) is 6.09. The predicted molar refractivity (Wildman–Crippen MR) is 164 cm³/mol. The van der Waals surface area contributed by atoms with Crippen LogP contribution in [0.4, 0.5) is 0 Å². The Morgan fingerprint density at radius 3 is 2.64 bits per heavy atom. The second-order valence-electron chi connectivity index (χ2n) is 11.2. The number of hydrogen-bond donors (Lipinski definition) is 3. The third-order valence-corrected chi connectivity index (χ3v) is 10.2. The molecule has 0 aromatic heterocycles. The monoisotopic (exact) mass is 599 g/mol. The second kappa shape index (κ2) is 15.1. The van der Waals surface area contributed by atoms with Gasteiger partial charge >= 0.3 is 0 Å². The average molecular weight is 600 g/mol. The van der Waals surface area contributed by atoms with Crippen LogP contribution in [0.5, 0.6) is 5.75 Å². The topological polar surface area (TPSA) is 117 Å². The Labute approximate surface area is 250 Å². The lowest BCUT2D eigenvalue weighted by molar-refractivity contribution is -0.126. The Balaban J connectivity index is 1.62. The summed E-state index contributed by atoms with van der Waals surface area (Å²) in [5.41, 5.74) is 3.18. The normalized spacial score (nSPS) is 25.4. The van der Waals surface area contributed by atoms with E-state index in [1.807, 2.05) is 67.6 Å². The molecule has 0 spiro atoms. The van der Waals surface area contributed by atoms with Gasteiger partial charge in [0, 0.05) is 20.0 Å². The SMILES string of the molecule is CCCCCS(=O)(=O)N(C)[C@H]1CC=CCO[C@H]2Cc3ccc(OC)cc3[C@H]2NC[C@@H](O)[C@H](Cc2ccccc2)NC1=O. The number of nitrogens with zero attached hydrogens (tertiary/aromatic N) is 1. The van der Waals surface area contributed by atoms with Crippen molar-refractivity contribution in [1.82, 2.24) is 14.9 Å². The summed E-state index contributed by atoms with van der Waals surface area (Å²) in [6.45, 7) is 2.53. The predicted octanol–water partition coefficient (Wildman–Crippen LogP) is 3.14. The highest BCUT2D eigenvalue weighted by molar-refractivity contribution is 7.89. The summed E-state index contributed by atoms with van der Waals surface area (Å²) in [5, 5.41) is 18.0. The van der Waals surface area contributed by atoms with E-state index in [-0.39, 0.29) is 30.9 Å². The molecule has 1 amide bonds. The standard InChI is InChI=1S/C32H45N3O6S/c1-4-5-11-18-42(38,39)35(2)28-14-9-10-17-41-30-20-24-15-16-25(40-3)21-26(24)31(30)33-22-29(36)27(34-32(28)37)19-23-12-7-6-8-13-23/h6-10,12-13,15-16,21,27-31,33,36H,4-5,11,14,17-20,22H2,1-3H3,(H,34,37)/t27-,28-,29+,30-,31+/m0/s1. The van der Waals surface area contributed by atoms with Gasteiger partial charge in [-0.25, -0.2) is 8.42 Å². The van der Waals surface area contributed by atoms with Crippen molar-refractivity contribution in [3.8, 4) is 5.75 Å². The van der Waals surface area contributed by atoms with Crippen LogP contribution < -0.4 is 15.4 Å². The number of sulfonamides is 1. The van der Waals surface area contributed by atoms with Crippen molar-refractivity contribution >= 4 is 15.9 Å². The Bertz CT molecular complexity index is 1300. The molecule has 230 valence electrons. The van der Waals surface area contributed by atoms with E-state index in [0.717, 1.165) is 35.3 Å². The molecular weight excluding hydrogens is 554 g/mol. The lowest BCUT2D eigenvalue weighted by Gasteiger charge is -2.31. The van der Waals surface area contributed by atoms with E-state index in [0.29, 0.717) is 25.9 Å². The third kappa shape index (κ3) is 8.20. The molecule has 42 heavy (non-hydrogen) atoms. The van der Waals surface area contributed by atoms with Gasteiger partial charge in [0.05, 0.1) is 43.8 Å². The summed E-state index contributed by atoms with van der Waals surface area (Å²) < 4.78 is 39.3. The number of aliphatic hydroxyl groups excluding tert-OH is 1. The van der Waals surface area contributed by atoms with Crippen LogP contribution in [0.3, 0.4) is 0 Å². The maximum absolute atomic E-state index is 13.7. The Morgan fingerprint density at radius 2 is 1.90 bits per heavy atom. The summed E-state index contributed by atoms with van der Waals surface area (Å²) >= 11 is 0. The van der Waals surface area contributed by atoms with Gasteiger partial charge in [0.15, 0.2) is 0 Å². The van der Waals surface area contributed by atoms with Gasteiger partial charge in [0.1, 0.15) is 11.8 Å². The fraction of sp³-hybridized carbons (Fsp3) is 0.531.